The third kappa shape index (κ3) is 160. The van der Waals surface area contributed by atoms with E-state index in [0.29, 0.717) is 0 Å². The van der Waals surface area contributed by atoms with Crippen molar-refractivity contribution in [3.63, 3.8) is 0 Å². The molecular formula is C14H34HfN2. The molecule has 0 heterocycles. The van der Waals surface area contributed by atoms with Gasteiger partial charge in [-0.2, -0.15) is 53.9 Å². The minimum Gasteiger partial charge on any atom is -0.665 e. The zero-order chi connectivity index (χ0) is 13.7. The second-order valence-corrected chi connectivity index (χ2v) is 2.90. The summed E-state index contributed by atoms with van der Waals surface area (Å²) in [5.41, 5.74) is 0. The third-order valence-electron chi connectivity index (χ3n) is 1.45. The molecule has 0 atom stereocenters. The van der Waals surface area contributed by atoms with Crippen molar-refractivity contribution < 1.29 is 25.8 Å². The van der Waals surface area contributed by atoms with Gasteiger partial charge < -0.3 is 23.5 Å². The average Bonchev–Trinajstić information content (AvgIpc) is 2.39. The van der Waals surface area contributed by atoms with Gasteiger partial charge in [0.2, 0.25) is 0 Å². The first-order valence-corrected chi connectivity index (χ1v) is 6.33. The summed E-state index contributed by atoms with van der Waals surface area (Å²) in [7, 11) is 3.61. The van der Waals surface area contributed by atoms with Crippen LogP contribution in [0.15, 0.2) is 0 Å². The molecule has 2 nitrogen and oxygen atoms in total. The van der Waals surface area contributed by atoms with Crippen LogP contribution < -0.4 is 0 Å². The molecule has 104 valence electrons. The fourth-order valence-electron chi connectivity index (χ4n) is 0. The first kappa shape index (κ1) is 30.7. The molecule has 0 spiro atoms. The molecule has 0 aliphatic rings. The largest absolute Gasteiger partial charge is 4.00 e. The summed E-state index contributed by atoms with van der Waals surface area (Å²) in [5, 5.41) is 7.47. The van der Waals surface area contributed by atoms with E-state index in [1.807, 2.05) is 13.8 Å². The van der Waals surface area contributed by atoms with E-state index in [9.17, 15) is 0 Å². The Kier molecular flexibility index (Phi) is 97.7. The van der Waals surface area contributed by atoms with Gasteiger partial charge in [-0.25, -0.2) is 0 Å². The Balaban J connectivity index is -0.0000000369. The Morgan fingerprint density at radius 3 is 0.824 bits per heavy atom. The van der Waals surface area contributed by atoms with Crippen LogP contribution in [0.5, 0.6) is 0 Å². The van der Waals surface area contributed by atoms with Gasteiger partial charge in [0.15, 0.2) is 0 Å². The predicted octanol–water partition coefficient (Wildman–Crippen LogP) is 5.26. The summed E-state index contributed by atoms with van der Waals surface area (Å²) in [5.74, 6) is 0. The van der Waals surface area contributed by atoms with E-state index in [1.165, 1.54) is 12.8 Å². The molecule has 0 amide bonds. The maximum Gasteiger partial charge on any atom is 4.00 e. The van der Waals surface area contributed by atoms with Crippen LogP contribution in [0.2, 0.25) is 0 Å². The van der Waals surface area contributed by atoms with E-state index in [-0.39, 0.29) is 25.8 Å². The van der Waals surface area contributed by atoms with Crippen molar-refractivity contribution >= 4 is 0 Å². The van der Waals surface area contributed by atoms with E-state index < -0.39 is 0 Å². The van der Waals surface area contributed by atoms with Crippen molar-refractivity contribution in [2.24, 2.45) is 0 Å². The molecular weight excluding hydrogens is 375 g/mol. The van der Waals surface area contributed by atoms with Crippen molar-refractivity contribution in [3.05, 3.63) is 23.5 Å². The van der Waals surface area contributed by atoms with Gasteiger partial charge in [0.25, 0.3) is 0 Å². The van der Waals surface area contributed by atoms with Crippen molar-refractivity contribution in [1.82, 2.24) is 0 Å². The number of nitrogens with zero attached hydrogens (tertiary/aromatic N) is 2. The molecule has 0 bridgehead atoms. The molecule has 17 heavy (non-hydrogen) atoms. The molecule has 0 aromatic heterocycles. The Bertz CT molecular complexity index is 38.2. The summed E-state index contributed by atoms with van der Waals surface area (Å²) in [6.45, 7) is 14.3. The molecule has 0 aliphatic heterocycles. The van der Waals surface area contributed by atoms with Gasteiger partial charge in [-0.3, -0.25) is 0 Å². The van der Waals surface area contributed by atoms with Crippen molar-refractivity contribution in [1.29, 1.82) is 0 Å². The molecule has 0 saturated heterocycles. The van der Waals surface area contributed by atoms with E-state index in [1.54, 1.807) is 14.1 Å². The van der Waals surface area contributed by atoms with Gasteiger partial charge in [0, 0.05) is 0 Å². The Morgan fingerprint density at radius 1 is 0.706 bits per heavy atom. The van der Waals surface area contributed by atoms with Crippen molar-refractivity contribution in [2.45, 2.75) is 54.4 Å². The van der Waals surface area contributed by atoms with Gasteiger partial charge in [-0.1, -0.05) is 27.7 Å². The quantitative estimate of drug-likeness (QED) is 0.448. The minimum atomic E-state index is 0. The van der Waals surface area contributed by atoms with Crippen LogP contribution in [-0.4, -0.2) is 27.2 Å². The Hall–Kier alpha value is 0.790. The average molecular weight is 409 g/mol. The smallest absolute Gasteiger partial charge is 0.665 e. The second kappa shape index (κ2) is 54.2. The number of rotatable bonds is 4. The first-order valence-electron chi connectivity index (χ1n) is 6.33. The van der Waals surface area contributed by atoms with Crippen LogP contribution in [0, 0.1) is 12.8 Å². The van der Waals surface area contributed by atoms with Crippen LogP contribution in [0.1, 0.15) is 54.4 Å². The minimum absolute atomic E-state index is 0. The van der Waals surface area contributed by atoms with Crippen LogP contribution in [-0.2, 0) is 25.8 Å². The third-order valence-corrected chi connectivity index (χ3v) is 1.45. The SMILES string of the molecule is CC[N-]C.CC[N-]C.C[CH-]CC.C[CH-]CC.[Hf+4]. The van der Waals surface area contributed by atoms with E-state index in [0.717, 1.165) is 13.1 Å². The van der Waals surface area contributed by atoms with E-state index in [2.05, 4.69) is 51.2 Å². The van der Waals surface area contributed by atoms with Gasteiger partial charge in [-0.05, 0) is 0 Å². The maximum absolute atomic E-state index is 3.74. The molecule has 0 N–H and O–H groups in total. The molecule has 3 heteroatoms. The summed E-state index contributed by atoms with van der Waals surface area (Å²) in [6.07, 6.45) is 6.64. The zero-order valence-electron chi connectivity index (χ0n) is 13.4. The van der Waals surface area contributed by atoms with Gasteiger partial charge >= 0.3 is 25.8 Å². The molecule has 0 fully saturated rings. The first-order chi connectivity index (χ1) is 7.66. The fourth-order valence-corrected chi connectivity index (χ4v) is 0. The molecule has 0 radical (unpaired) electrons. The molecule has 0 aromatic rings. The monoisotopic (exact) mass is 410 g/mol. The van der Waals surface area contributed by atoms with Gasteiger partial charge in [0.1, 0.15) is 0 Å². The van der Waals surface area contributed by atoms with Crippen LogP contribution in [0.3, 0.4) is 0 Å². The van der Waals surface area contributed by atoms with Gasteiger partial charge in [0.05, 0.1) is 0 Å². The van der Waals surface area contributed by atoms with Crippen molar-refractivity contribution in [3.8, 4) is 0 Å². The summed E-state index contributed by atoms with van der Waals surface area (Å²) < 4.78 is 0. The van der Waals surface area contributed by atoms with Crippen LogP contribution >= 0.6 is 0 Å². The summed E-state index contributed by atoms with van der Waals surface area (Å²) in [6, 6.07) is 0. The van der Waals surface area contributed by atoms with Crippen LogP contribution in [0.25, 0.3) is 10.6 Å². The predicted molar refractivity (Wildman–Crippen MR) is 80.2 cm³/mol. The molecule has 0 aromatic carbocycles. The standard InChI is InChI=1S/2C4H9.2C3H8N.Hf/c4*1-3-4-2;/h2*3H,4H2,1-2H3;2*3H2,1-2H3;/q4*-1;+4. The molecule has 0 aliphatic carbocycles. The number of hydrogen-bond acceptors (Lipinski definition) is 0. The van der Waals surface area contributed by atoms with E-state index >= 15 is 0 Å². The van der Waals surface area contributed by atoms with E-state index in [4.69, 9.17) is 0 Å². The fraction of sp³-hybridized carbons (Fsp3) is 0.857. The zero-order valence-corrected chi connectivity index (χ0v) is 17.0. The van der Waals surface area contributed by atoms with Crippen molar-refractivity contribution in [2.75, 3.05) is 27.2 Å². The summed E-state index contributed by atoms with van der Waals surface area (Å²) in [4.78, 5) is 0. The Labute approximate surface area is 131 Å². The number of unbranched alkanes of at least 4 members (excludes halogenated alkanes) is 2. The molecule has 0 rings (SSSR count). The Morgan fingerprint density at radius 2 is 0.824 bits per heavy atom. The van der Waals surface area contributed by atoms with Crippen LogP contribution in [0.4, 0.5) is 0 Å². The maximum atomic E-state index is 3.74. The summed E-state index contributed by atoms with van der Waals surface area (Å²) >= 11 is 0. The normalized spacial score (nSPS) is 7.06. The molecule has 0 saturated carbocycles. The second-order valence-electron chi connectivity index (χ2n) is 2.90. The molecule has 0 unspecified atom stereocenters. The van der Waals surface area contributed by atoms with Gasteiger partial charge in [-0.15, -0.1) is 0 Å². The topological polar surface area (TPSA) is 28.2 Å². The number of hydrogen-bond donors (Lipinski definition) is 0.